The Hall–Kier alpha value is -2.08. The van der Waals surface area contributed by atoms with Crippen LogP contribution in [-0.2, 0) is 0 Å². The van der Waals surface area contributed by atoms with Crippen LogP contribution in [0.2, 0.25) is 0 Å². The van der Waals surface area contributed by atoms with Crippen molar-refractivity contribution in [3.05, 3.63) is 29.3 Å². The third-order valence-corrected chi connectivity index (χ3v) is 2.97. The van der Waals surface area contributed by atoms with Gasteiger partial charge in [-0.2, -0.15) is 0 Å². The summed E-state index contributed by atoms with van der Waals surface area (Å²) in [4.78, 5) is 24.9. The zero-order valence-electron chi connectivity index (χ0n) is 12.1. The van der Waals surface area contributed by atoms with Crippen LogP contribution in [0.4, 0.5) is 10.5 Å². The largest absolute Gasteiger partial charge is 0.478 e. The molecule has 0 saturated carbocycles. The van der Waals surface area contributed by atoms with Crippen LogP contribution in [0.3, 0.4) is 0 Å². The highest BCUT2D eigenvalue weighted by atomic mass is 16.4. The molecule has 0 heterocycles. The minimum Gasteiger partial charge on any atom is -0.478 e. The van der Waals surface area contributed by atoms with Crippen molar-refractivity contribution in [2.75, 3.05) is 32.0 Å². The minimum absolute atomic E-state index is 0.0887. The van der Waals surface area contributed by atoms with Crippen molar-refractivity contribution in [2.24, 2.45) is 0 Å². The number of aryl methyl sites for hydroxylation is 1. The van der Waals surface area contributed by atoms with E-state index in [2.05, 4.69) is 15.5 Å². The summed E-state index contributed by atoms with van der Waals surface area (Å²) >= 11 is 0. The van der Waals surface area contributed by atoms with Crippen LogP contribution in [0.1, 0.15) is 22.8 Å². The molecule has 0 unspecified atom stereocenters. The summed E-state index contributed by atoms with van der Waals surface area (Å²) in [5.41, 5.74) is 1.22. The number of likely N-dealkylation sites (N-methyl/N-ethyl adjacent to an activating group) is 1. The number of hydrogen-bond acceptors (Lipinski definition) is 3. The number of amides is 2. The summed E-state index contributed by atoms with van der Waals surface area (Å²) in [6.45, 7) is 5.99. The molecule has 1 aromatic carbocycles. The molecular weight excluding hydrogens is 258 g/mol. The van der Waals surface area contributed by atoms with E-state index >= 15 is 0 Å². The third kappa shape index (κ3) is 4.89. The van der Waals surface area contributed by atoms with E-state index in [0.717, 1.165) is 18.7 Å². The summed E-state index contributed by atoms with van der Waals surface area (Å²) in [7, 11) is 1.96. The molecule has 2 amide bonds. The number of anilines is 1. The van der Waals surface area contributed by atoms with E-state index in [1.807, 2.05) is 14.0 Å². The second kappa shape index (κ2) is 7.49. The molecule has 20 heavy (non-hydrogen) atoms. The highest BCUT2D eigenvalue weighted by molar-refractivity contribution is 6.00. The molecule has 0 radical (unpaired) electrons. The first kappa shape index (κ1) is 16.0. The first-order valence-electron chi connectivity index (χ1n) is 6.51. The van der Waals surface area contributed by atoms with Crippen LogP contribution in [-0.4, -0.2) is 48.7 Å². The molecule has 1 aromatic rings. The van der Waals surface area contributed by atoms with E-state index < -0.39 is 12.0 Å². The van der Waals surface area contributed by atoms with Gasteiger partial charge < -0.3 is 20.6 Å². The molecule has 6 heteroatoms. The first-order valence-corrected chi connectivity index (χ1v) is 6.51. The Kier molecular flexibility index (Phi) is 5.99. The Morgan fingerprint density at radius 3 is 2.65 bits per heavy atom. The van der Waals surface area contributed by atoms with Gasteiger partial charge in [-0.3, -0.25) is 0 Å². The van der Waals surface area contributed by atoms with Crippen LogP contribution >= 0.6 is 0 Å². The number of nitrogens with one attached hydrogen (secondary N) is 2. The van der Waals surface area contributed by atoms with Crippen molar-refractivity contribution in [1.29, 1.82) is 0 Å². The lowest BCUT2D eigenvalue weighted by molar-refractivity contribution is 0.0698. The SMILES string of the molecule is CCN(C)CCNC(=O)Nc1ccc(C)cc1C(=O)O. The summed E-state index contributed by atoms with van der Waals surface area (Å²) in [6, 6.07) is 4.48. The van der Waals surface area contributed by atoms with E-state index in [1.165, 1.54) is 6.07 Å². The zero-order chi connectivity index (χ0) is 15.1. The molecular formula is C14H21N3O3. The predicted molar refractivity (Wildman–Crippen MR) is 78.3 cm³/mol. The lowest BCUT2D eigenvalue weighted by Crippen LogP contribution is -2.35. The summed E-state index contributed by atoms with van der Waals surface area (Å²) in [5, 5.41) is 14.4. The highest BCUT2D eigenvalue weighted by Crippen LogP contribution is 2.17. The smallest absolute Gasteiger partial charge is 0.337 e. The van der Waals surface area contributed by atoms with Crippen molar-refractivity contribution in [2.45, 2.75) is 13.8 Å². The molecule has 0 spiro atoms. The second-order valence-corrected chi connectivity index (χ2v) is 4.63. The maximum Gasteiger partial charge on any atom is 0.337 e. The number of carboxylic acids is 1. The second-order valence-electron chi connectivity index (χ2n) is 4.63. The van der Waals surface area contributed by atoms with Gasteiger partial charge in [0.25, 0.3) is 0 Å². The molecule has 6 nitrogen and oxygen atoms in total. The fraction of sp³-hybridized carbons (Fsp3) is 0.429. The van der Waals surface area contributed by atoms with E-state index in [0.29, 0.717) is 12.2 Å². The lowest BCUT2D eigenvalue weighted by Gasteiger charge is -2.15. The number of aromatic carboxylic acids is 1. The van der Waals surface area contributed by atoms with Gasteiger partial charge in [0.1, 0.15) is 0 Å². The third-order valence-electron chi connectivity index (χ3n) is 2.97. The number of carboxylic acid groups (broad SMARTS) is 1. The number of carbonyl (C=O) groups excluding carboxylic acids is 1. The van der Waals surface area contributed by atoms with Crippen LogP contribution < -0.4 is 10.6 Å². The quantitative estimate of drug-likeness (QED) is 0.741. The monoisotopic (exact) mass is 279 g/mol. The van der Waals surface area contributed by atoms with Gasteiger partial charge in [0.15, 0.2) is 0 Å². The molecule has 0 fully saturated rings. The first-order chi connectivity index (χ1) is 9.43. The van der Waals surface area contributed by atoms with Gasteiger partial charge >= 0.3 is 12.0 Å². The van der Waals surface area contributed by atoms with Gasteiger partial charge in [0.2, 0.25) is 0 Å². The van der Waals surface area contributed by atoms with Gasteiger partial charge in [-0.15, -0.1) is 0 Å². The van der Waals surface area contributed by atoms with Crippen molar-refractivity contribution in [1.82, 2.24) is 10.2 Å². The molecule has 110 valence electrons. The normalized spacial score (nSPS) is 10.4. The number of benzene rings is 1. The predicted octanol–water partition coefficient (Wildman–Crippen LogP) is 1.77. The van der Waals surface area contributed by atoms with Crippen LogP contribution in [0, 0.1) is 6.92 Å². The Bertz CT molecular complexity index is 489. The number of hydrogen-bond donors (Lipinski definition) is 3. The molecule has 3 N–H and O–H groups in total. The minimum atomic E-state index is -1.06. The van der Waals surface area contributed by atoms with Gasteiger partial charge in [0, 0.05) is 13.1 Å². The van der Waals surface area contributed by atoms with E-state index in [-0.39, 0.29) is 5.56 Å². The maximum absolute atomic E-state index is 11.7. The van der Waals surface area contributed by atoms with Gasteiger partial charge in [-0.25, -0.2) is 9.59 Å². The van der Waals surface area contributed by atoms with E-state index in [1.54, 1.807) is 19.1 Å². The molecule has 0 bridgehead atoms. The van der Waals surface area contributed by atoms with Gasteiger partial charge in [0.05, 0.1) is 11.3 Å². The molecule has 0 aromatic heterocycles. The molecule has 0 saturated heterocycles. The summed E-state index contributed by atoms with van der Waals surface area (Å²) < 4.78 is 0. The Morgan fingerprint density at radius 2 is 2.05 bits per heavy atom. The fourth-order valence-corrected chi connectivity index (χ4v) is 1.63. The van der Waals surface area contributed by atoms with Gasteiger partial charge in [-0.05, 0) is 32.6 Å². The average Bonchev–Trinajstić information content (AvgIpc) is 2.40. The molecule has 0 aliphatic carbocycles. The van der Waals surface area contributed by atoms with Crippen molar-refractivity contribution in [3.8, 4) is 0 Å². The topological polar surface area (TPSA) is 81.7 Å². The van der Waals surface area contributed by atoms with E-state index in [4.69, 9.17) is 5.11 Å². The standard InChI is InChI=1S/C14H21N3O3/c1-4-17(3)8-7-15-14(20)16-12-6-5-10(2)9-11(12)13(18)19/h5-6,9H,4,7-8H2,1-3H3,(H,18,19)(H2,15,16,20). The zero-order valence-corrected chi connectivity index (χ0v) is 12.1. The summed E-state index contributed by atoms with van der Waals surface area (Å²) in [6.07, 6.45) is 0. The molecule has 0 aliphatic rings. The van der Waals surface area contributed by atoms with Crippen LogP contribution in [0.5, 0.6) is 0 Å². The number of urea groups is 1. The summed E-state index contributed by atoms with van der Waals surface area (Å²) in [5.74, 6) is -1.06. The highest BCUT2D eigenvalue weighted by Gasteiger charge is 2.12. The maximum atomic E-state index is 11.7. The number of carbonyl (C=O) groups is 2. The number of rotatable bonds is 6. The molecule has 0 atom stereocenters. The fourth-order valence-electron chi connectivity index (χ4n) is 1.63. The Labute approximate surface area is 118 Å². The Morgan fingerprint density at radius 1 is 1.35 bits per heavy atom. The van der Waals surface area contributed by atoms with E-state index in [9.17, 15) is 9.59 Å². The Balaban J connectivity index is 2.60. The van der Waals surface area contributed by atoms with Crippen LogP contribution in [0.25, 0.3) is 0 Å². The molecule has 1 rings (SSSR count). The van der Waals surface area contributed by atoms with Crippen LogP contribution in [0.15, 0.2) is 18.2 Å². The lowest BCUT2D eigenvalue weighted by atomic mass is 10.1. The molecule has 0 aliphatic heterocycles. The average molecular weight is 279 g/mol. The van der Waals surface area contributed by atoms with Crippen molar-refractivity contribution >= 4 is 17.7 Å². The van der Waals surface area contributed by atoms with Gasteiger partial charge in [-0.1, -0.05) is 18.6 Å². The van der Waals surface area contributed by atoms with Crippen molar-refractivity contribution in [3.63, 3.8) is 0 Å². The number of nitrogens with zero attached hydrogens (tertiary/aromatic N) is 1. The van der Waals surface area contributed by atoms with Crippen molar-refractivity contribution < 1.29 is 14.7 Å².